The average molecular weight is 437 g/mol. The fraction of sp³-hybridized carbons (Fsp3) is 0.478. The summed E-state index contributed by atoms with van der Waals surface area (Å²) < 4.78 is 11.1. The van der Waals surface area contributed by atoms with Gasteiger partial charge in [-0.2, -0.15) is 5.26 Å². The molecule has 1 N–H and O–H groups in total. The highest BCUT2D eigenvalue weighted by atomic mass is 16.6. The van der Waals surface area contributed by atoms with Crippen LogP contribution in [-0.2, 0) is 4.74 Å². The number of nitrogens with one attached hydrogen (secondary N) is 1. The lowest BCUT2D eigenvalue weighted by molar-refractivity contribution is 0.0960. The van der Waals surface area contributed by atoms with Gasteiger partial charge >= 0.3 is 6.09 Å². The van der Waals surface area contributed by atoms with Crippen LogP contribution < -0.4 is 19.9 Å². The highest BCUT2D eigenvalue weighted by Gasteiger charge is 2.34. The molecule has 1 amide bonds. The fourth-order valence-corrected chi connectivity index (χ4v) is 4.18. The molecular formula is C23H28N6O3. The van der Waals surface area contributed by atoms with Gasteiger partial charge in [-0.3, -0.25) is 4.90 Å². The van der Waals surface area contributed by atoms with Crippen LogP contribution in [0.4, 0.5) is 22.0 Å². The van der Waals surface area contributed by atoms with Crippen molar-refractivity contribution in [3.63, 3.8) is 0 Å². The fourth-order valence-electron chi connectivity index (χ4n) is 4.18. The summed E-state index contributed by atoms with van der Waals surface area (Å²) >= 11 is 0. The number of rotatable bonds is 5. The maximum atomic E-state index is 12.9. The first-order valence-corrected chi connectivity index (χ1v) is 10.9. The van der Waals surface area contributed by atoms with Crippen molar-refractivity contribution >= 4 is 23.3 Å². The molecule has 0 saturated carbocycles. The second-order valence-electron chi connectivity index (χ2n) is 8.50. The number of carbonyl (C=O) groups excluding carboxylic acids is 1. The first-order chi connectivity index (χ1) is 15.5. The highest BCUT2D eigenvalue weighted by Crippen LogP contribution is 2.36. The van der Waals surface area contributed by atoms with Crippen LogP contribution in [0.5, 0.6) is 5.88 Å². The molecule has 3 heterocycles. The summed E-state index contributed by atoms with van der Waals surface area (Å²) in [7, 11) is 0. The zero-order valence-corrected chi connectivity index (χ0v) is 18.5. The molecule has 2 aromatic rings. The molecule has 0 bridgehead atoms. The van der Waals surface area contributed by atoms with Gasteiger partial charge in [0.2, 0.25) is 5.88 Å². The van der Waals surface area contributed by atoms with E-state index in [9.17, 15) is 10.1 Å². The van der Waals surface area contributed by atoms with Crippen molar-refractivity contribution in [2.45, 2.75) is 33.1 Å². The van der Waals surface area contributed by atoms with Crippen molar-refractivity contribution in [2.24, 2.45) is 5.41 Å². The van der Waals surface area contributed by atoms with Crippen LogP contribution in [0.2, 0.25) is 0 Å². The normalized spacial score (nSPS) is 20.8. The summed E-state index contributed by atoms with van der Waals surface area (Å²) in [6.07, 6.45) is 5.38. The first-order valence-electron chi connectivity index (χ1n) is 10.9. The van der Waals surface area contributed by atoms with E-state index in [0.717, 1.165) is 37.2 Å². The molecule has 1 atom stereocenters. The Hall–Kier alpha value is -3.54. The number of aromatic nitrogens is 2. The molecule has 2 aliphatic rings. The number of carbonyl (C=O) groups is 1. The van der Waals surface area contributed by atoms with Gasteiger partial charge in [-0.15, -0.1) is 0 Å². The van der Waals surface area contributed by atoms with Crippen LogP contribution in [-0.4, -0.2) is 49.0 Å². The molecule has 0 unspecified atom stereocenters. The third-order valence-corrected chi connectivity index (χ3v) is 5.86. The van der Waals surface area contributed by atoms with E-state index in [1.54, 1.807) is 11.1 Å². The number of ether oxygens (including phenoxy) is 2. The molecule has 168 valence electrons. The molecule has 1 aromatic heterocycles. The quantitative estimate of drug-likeness (QED) is 0.755. The Bertz CT molecular complexity index is 1010. The minimum absolute atomic E-state index is 0.220. The predicted molar refractivity (Wildman–Crippen MR) is 121 cm³/mol. The lowest BCUT2D eigenvalue weighted by Crippen LogP contribution is -2.40. The van der Waals surface area contributed by atoms with Crippen molar-refractivity contribution in [3.8, 4) is 11.9 Å². The number of amides is 1. The lowest BCUT2D eigenvalue weighted by Gasteiger charge is -2.34. The monoisotopic (exact) mass is 436 g/mol. The molecule has 1 saturated heterocycles. The van der Waals surface area contributed by atoms with Crippen molar-refractivity contribution in [1.29, 1.82) is 5.26 Å². The van der Waals surface area contributed by atoms with Crippen molar-refractivity contribution in [2.75, 3.05) is 48.1 Å². The molecule has 0 aliphatic carbocycles. The summed E-state index contributed by atoms with van der Waals surface area (Å²) in [5.74, 6) is 0.893. The van der Waals surface area contributed by atoms with Gasteiger partial charge in [-0.25, -0.2) is 14.8 Å². The molecule has 4 rings (SSSR count). The minimum Gasteiger partial charge on any atom is -0.477 e. The standard InChI is InChI=1S/C23H28N6O3/c1-3-31-21-13-25-20(12-26-21)29-9-5-4-8-23(2,15-32-22(29)30)14-28-16-27-18-7-6-17(11-24)10-19(18)28/h6-7,10,12-13,27H,3-5,8-9,14-16H2,1-2H3/t23-/m1/s1. The number of anilines is 3. The number of nitrogens with zero attached hydrogens (tertiary/aromatic N) is 5. The number of fused-ring (bicyclic) bond motifs is 1. The Morgan fingerprint density at radius 3 is 2.94 bits per heavy atom. The SMILES string of the molecule is CCOc1cnc(N2CCCC[C@](C)(CN3CNc4ccc(C#N)cc43)COC2=O)cn1. The van der Waals surface area contributed by atoms with Crippen molar-refractivity contribution < 1.29 is 14.3 Å². The number of benzene rings is 1. The maximum Gasteiger partial charge on any atom is 0.415 e. The summed E-state index contributed by atoms with van der Waals surface area (Å²) in [4.78, 5) is 25.2. The zero-order chi connectivity index (χ0) is 22.6. The van der Waals surface area contributed by atoms with E-state index in [4.69, 9.17) is 9.47 Å². The van der Waals surface area contributed by atoms with Gasteiger partial charge in [0.15, 0.2) is 5.82 Å². The Morgan fingerprint density at radius 2 is 2.19 bits per heavy atom. The van der Waals surface area contributed by atoms with Crippen LogP contribution in [0.3, 0.4) is 0 Å². The smallest absolute Gasteiger partial charge is 0.415 e. The van der Waals surface area contributed by atoms with Gasteiger partial charge in [0.05, 0.1) is 48.7 Å². The lowest BCUT2D eigenvalue weighted by atomic mass is 9.85. The molecular weight excluding hydrogens is 408 g/mol. The topological polar surface area (TPSA) is 104 Å². The first kappa shape index (κ1) is 21.7. The molecule has 1 aromatic carbocycles. The van der Waals surface area contributed by atoms with Gasteiger partial charge in [-0.05, 0) is 38.0 Å². The summed E-state index contributed by atoms with van der Waals surface area (Å²) in [6.45, 7) is 6.75. The number of hydrogen-bond donors (Lipinski definition) is 1. The van der Waals surface area contributed by atoms with Crippen LogP contribution in [0, 0.1) is 16.7 Å². The molecule has 2 aliphatic heterocycles. The Kier molecular flexibility index (Phi) is 6.30. The molecule has 32 heavy (non-hydrogen) atoms. The van der Waals surface area contributed by atoms with Crippen LogP contribution >= 0.6 is 0 Å². The van der Waals surface area contributed by atoms with E-state index in [1.807, 2.05) is 25.1 Å². The van der Waals surface area contributed by atoms with Gasteiger partial charge in [0, 0.05) is 18.5 Å². The highest BCUT2D eigenvalue weighted by molar-refractivity contribution is 5.86. The number of hydrogen-bond acceptors (Lipinski definition) is 8. The predicted octanol–water partition coefficient (Wildman–Crippen LogP) is 3.77. The molecule has 0 spiro atoms. The third-order valence-electron chi connectivity index (χ3n) is 5.86. The summed E-state index contributed by atoms with van der Waals surface area (Å²) in [5.41, 5.74) is 2.45. The van der Waals surface area contributed by atoms with E-state index < -0.39 is 6.09 Å². The van der Waals surface area contributed by atoms with E-state index in [-0.39, 0.29) is 5.41 Å². The number of cyclic esters (lactones) is 1. The maximum absolute atomic E-state index is 12.9. The Labute approximate surface area is 188 Å². The molecule has 1 fully saturated rings. The van der Waals surface area contributed by atoms with Gasteiger partial charge < -0.3 is 19.7 Å². The second kappa shape index (κ2) is 9.30. The van der Waals surface area contributed by atoms with E-state index in [1.165, 1.54) is 6.20 Å². The van der Waals surface area contributed by atoms with Crippen LogP contribution in [0.25, 0.3) is 0 Å². The van der Waals surface area contributed by atoms with E-state index >= 15 is 0 Å². The third kappa shape index (κ3) is 4.69. The van der Waals surface area contributed by atoms with Crippen LogP contribution in [0.15, 0.2) is 30.6 Å². The average Bonchev–Trinajstić information content (AvgIpc) is 3.22. The van der Waals surface area contributed by atoms with Gasteiger partial charge in [0.25, 0.3) is 0 Å². The molecule has 9 nitrogen and oxygen atoms in total. The molecule has 9 heteroatoms. The zero-order valence-electron chi connectivity index (χ0n) is 18.5. The van der Waals surface area contributed by atoms with Crippen molar-refractivity contribution in [1.82, 2.24) is 9.97 Å². The Balaban J connectivity index is 1.45. The summed E-state index contributed by atoms with van der Waals surface area (Å²) in [6, 6.07) is 7.87. The van der Waals surface area contributed by atoms with Crippen molar-refractivity contribution in [3.05, 3.63) is 36.2 Å². The van der Waals surface area contributed by atoms with Crippen LogP contribution in [0.1, 0.15) is 38.7 Å². The largest absolute Gasteiger partial charge is 0.477 e. The van der Waals surface area contributed by atoms with Gasteiger partial charge in [0.1, 0.15) is 6.61 Å². The van der Waals surface area contributed by atoms with Gasteiger partial charge in [-0.1, -0.05) is 13.3 Å². The Morgan fingerprint density at radius 1 is 1.31 bits per heavy atom. The molecule has 0 radical (unpaired) electrons. The number of nitriles is 1. The summed E-state index contributed by atoms with van der Waals surface area (Å²) in [5, 5.41) is 12.6. The van der Waals surface area contributed by atoms with E-state index in [2.05, 4.69) is 33.2 Å². The minimum atomic E-state index is -0.414. The second-order valence-corrected chi connectivity index (χ2v) is 8.50. The van der Waals surface area contributed by atoms with E-state index in [0.29, 0.717) is 43.7 Å².